The lowest BCUT2D eigenvalue weighted by molar-refractivity contribution is -0.121. The Labute approximate surface area is 204 Å². The third kappa shape index (κ3) is 4.21. The van der Waals surface area contributed by atoms with Crippen molar-refractivity contribution in [1.29, 1.82) is 0 Å². The van der Waals surface area contributed by atoms with Crippen LogP contribution in [-0.2, 0) is 4.79 Å². The maximum atomic E-state index is 12.9. The fourth-order valence-corrected chi connectivity index (χ4v) is 5.64. The summed E-state index contributed by atoms with van der Waals surface area (Å²) in [5.74, 6) is 1.46. The molecular weight excluding hydrogens is 442 g/mol. The summed E-state index contributed by atoms with van der Waals surface area (Å²) < 4.78 is 6.47. The van der Waals surface area contributed by atoms with Gasteiger partial charge in [0.2, 0.25) is 5.91 Å². The van der Waals surface area contributed by atoms with Gasteiger partial charge in [0.25, 0.3) is 0 Å². The van der Waals surface area contributed by atoms with E-state index in [4.69, 9.17) is 4.74 Å². The third-order valence-corrected chi connectivity index (χ3v) is 7.80. The van der Waals surface area contributed by atoms with Gasteiger partial charge in [-0.25, -0.2) is 4.98 Å². The first-order valence-electron chi connectivity index (χ1n) is 12.5. The van der Waals surface area contributed by atoms with E-state index in [9.17, 15) is 9.59 Å². The molecule has 3 N–H and O–H groups in total. The maximum absolute atomic E-state index is 12.9. The number of amides is 1. The Balaban J connectivity index is 1.24. The predicted molar refractivity (Wildman–Crippen MR) is 135 cm³/mol. The molecule has 3 aliphatic heterocycles. The number of hydrogen-bond acceptors (Lipinski definition) is 6. The maximum Gasteiger partial charge on any atom is 0.228 e. The molecule has 2 aromatic heterocycles. The Bertz CT molecular complexity index is 1290. The number of carbonyl (C=O) groups is 2. The Kier molecular flexibility index (Phi) is 5.57. The van der Waals surface area contributed by atoms with Gasteiger partial charge in [0, 0.05) is 35.9 Å². The predicted octanol–water partition coefficient (Wildman–Crippen LogP) is 3.60. The van der Waals surface area contributed by atoms with Crippen molar-refractivity contribution in [2.75, 3.05) is 38.5 Å². The molecule has 0 saturated carbocycles. The van der Waals surface area contributed by atoms with Crippen molar-refractivity contribution in [3.8, 4) is 16.9 Å². The lowest BCUT2D eigenvalue weighted by atomic mass is 9.82. The SMILES string of the molecule is CN1CCC(C(=O)Nc2ccc3c(-c4ccc5c(c4)OC4(CCNCC4)CC5=O)c[nH]c3n2)CC1. The second-order valence-corrected chi connectivity index (χ2v) is 10.2. The summed E-state index contributed by atoms with van der Waals surface area (Å²) in [5, 5.41) is 7.31. The summed E-state index contributed by atoms with van der Waals surface area (Å²) in [6.45, 7) is 3.62. The highest BCUT2D eigenvalue weighted by molar-refractivity contribution is 6.02. The van der Waals surface area contributed by atoms with E-state index in [1.807, 2.05) is 36.5 Å². The molecule has 2 saturated heterocycles. The van der Waals surface area contributed by atoms with Crippen molar-refractivity contribution in [1.82, 2.24) is 20.2 Å². The highest BCUT2D eigenvalue weighted by Crippen LogP contribution is 2.41. The molecule has 0 unspecified atom stereocenters. The molecule has 0 bridgehead atoms. The van der Waals surface area contributed by atoms with Gasteiger partial charge in [-0.3, -0.25) is 9.59 Å². The number of ketones is 1. The summed E-state index contributed by atoms with van der Waals surface area (Å²) in [6, 6.07) is 9.67. The van der Waals surface area contributed by atoms with Crippen LogP contribution in [0, 0.1) is 5.92 Å². The quantitative estimate of drug-likeness (QED) is 0.538. The minimum atomic E-state index is -0.392. The number of piperidine rings is 2. The molecule has 3 aromatic rings. The number of aromatic amines is 1. The van der Waals surface area contributed by atoms with Crippen molar-refractivity contribution in [2.45, 2.75) is 37.7 Å². The molecule has 5 heterocycles. The molecule has 1 spiro atoms. The Morgan fingerprint density at radius 3 is 2.74 bits per heavy atom. The highest BCUT2D eigenvalue weighted by Gasteiger charge is 2.41. The van der Waals surface area contributed by atoms with Gasteiger partial charge in [-0.2, -0.15) is 0 Å². The Morgan fingerprint density at radius 2 is 1.94 bits per heavy atom. The molecule has 1 amide bonds. The fourth-order valence-electron chi connectivity index (χ4n) is 5.64. The van der Waals surface area contributed by atoms with Gasteiger partial charge in [-0.15, -0.1) is 0 Å². The van der Waals surface area contributed by atoms with Crippen molar-refractivity contribution in [3.63, 3.8) is 0 Å². The molecular formula is C27H31N5O3. The largest absolute Gasteiger partial charge is 0.486 e. The number of fused-ring (bicyclic) bond motifs is 2. The normalized spacial score (nSPS) is 20.5. The molecule has 8 nitrogen and oxygen atoms in total. The smallest absolute Gasteiger partial charge is 0.228 e. The van der Waals surface area contributed by atoms with Crippen LogP contribution in [0.15, 0.2) is 36.5 Å². The summed E-state index contributed by atoms with van der Waals surface area (Å²) in [4.78, 5) is 35.7. The topological polar surface area (TPSA) is 99.4 Å². The number of Topliss-reactive ketones (excluding diaryl/α,β-unsaturated/α-hetero) is 1. The molecule has 182 valence electrons. The van der Waals surface area contributed by atoms with Crippen LogP contribution in [0.2, 0.25) is 0 Å². The van der Waals surface area contributed by atoms with Crippen LogP contribution in [0.1, 0.15) is 42.5 Å². The van der Waals surface area contributed by atoms with Crippen LogP contribution >= 0.6 is 0 Å². The molecule has 2 fully saturated rings. The third-order valence-electron chi connectivity index (χ3n) is 7.80. The first-order valence-corrected chi connectivity index (χ1v) is 12.5. The zero-order valence-corrected chi connectivity index (χ0v) is 20.0. The van der Waals surface area contributed by atoms with Gasteiger partial charge in [0.15, 0.2) is 5.78 Å². The minimum absolute atomic E-state index is 0.0318. The lowest BCUT2D eigenvalue weighted by Crippen LogP contribution is -2.49. The standard InChI is InChI=1S/C27H31N5O3/c1-32-12-6-17(7-13-32)26(34)31-24-5-4-19-21(16-29-25(19)30-24)18-2-3-20-22(33)15-27(35-23(20)14-18)8-10-28-11-9-27/h2-5,14,16-17,28H,6-13,15H2,1H3,(H2,29,30,31,34). The minimum Gasteiger partial charge on any atom is -0.486 e. The van der Waals surface area contributed by atoms with E-state index < -0.39 is 5.60 Å². The van der Waals surface area contributed by atoms with E-state index >= 15 is 0 Å². The molecule has 1 aromatic carbocycles. The number of carbonyl (C=O) groups excluding carboxylic acids is 2. The number of benzene rings is 1. The first-order chi connectivity index (χ1) is 17.0. The number of ether oxygens (including phenoxy) is 1. The van der Waals surface area contributed by atoms with E-state index in [-0.39, 0.29) is 17.6 Å². The van der Waals surface area contributed by atoms with Gasteiger partial charge in [-0.1, -0.05) is 6.07 Å². The summed E-state index contributed by atoms with van der Waals surface area (Å²) in [6.07, 6.45) is 5.80. The van der Waals surface area contributed by atoms with Gasteiger partial charge >= 0.3 is 0 Å². The fraction of sp³-hybridized carbons (Fsp3) is 0.444. The number of nitrogens with one attached hydrogen (secondary N) is 3. The number of nitrogens with zero attached hydrogens (tertiary/aromatic N) is 2. The summed E-state index contributed by atoms with van der Waals surface area (Å²) >= 11 is 0. The first kappa shape index (κ1) is 22.2. The van der Waals surface area contributed by atoms with E-state index in [1.165, 1.54) is 0 Å². The van der Waals surface area contributed by atoms with Crippen molar-refractivity contribution in [2.24, 2.45) is 5.92 Å². The van der Waals surface area contributed by atoms with Crippen LogP contribution in [-0.4, -0.2) is 65.4 Å². The molecule has 35 heavy (non-hydrogen) atoms. The highest BCUT2D eigenvalue weighted by atomic mass is 16.5. The summed E-state index contributed by atoms with van der Waals surface area (Å²) in [7, 11) is 2.09. The number of hydrogen-bond donors (Lipinski definition) is 3. The van der Waals surface area contributed by atoms with E-state index in [0.717, 1.165) is 68.4 Å². The Morgan fingerprint density at radius 1 is 1.14 bits per heavy atom. The average molecular weight is 474 g/mol. The van der Waals surface area contributed by atoms with Gasteiger partial charge in [0.05, 0.1) is 12.0 Å². The van der Waals surface area contributed by atoms with Crippen LogP contribution in [0.25, 0.3) is 22.2 Å². The monoisotopic (exact) mass is 473 g/mol. The second-order valence-electron chi connectivity index (χ2n) is 10.2. The van der Waals surface area contributed by atoms with Gasteiger partial charge < -0.3 is 25.3 Å². The summed E-state index contributed by atoms with van der Waals surface area (Å²) in [5.41, 5.74) is 2.94. The van der Waals surface area contributed by atoms with Crippen LogP contribution in [0.5, 0.6) is 5.75 Å². The van der Waals surface area contributed by atoms with Crippen molar-refractivity contribution >= 4 is 28.5 Å². The number of H-pyrrole nitrogens is 1. The molecule has 6 rings (SSSR count). The van der Waals surface area contributed by atoms with E-state index in [0.29, 0.717) is 29.2 Å². The second kappa shape index (κ2) is 8.77. The van der Waals surface area contributed by atoms with E-state index in [1.54, 1.807) is 0 Å². The van der Waals surface area contributed by atoms with Gasteiger partial charge in [0.1, 0.15) is 22.8 Å². The average Bonchev–Trinajstić information content (AvgIpc) is 3.28. The van der Waals surface area contributed by atoms with Crippen LogP contribution in [0.3, 0.4) is 0 Å². The number of pyridine rings is 1. The van der Waals surface area contributed by atoms with Crippen molar-refractivity contribution < 1.29 is 14.3 Å². The molecule has 0 radical (unpaired) electrons. The van der Waals surface area contributed by atoms with Crippen LogP contribution < -0.4 is 15.4 Å². The zero-order chi connectivity index (χ0) is 24.0. The van der Waals surface area contributed by atoms with E-state index in [2.05, 4.69) is 32.5 Å². The zero-order valence-electron chi connectivity index (χ0n) is 20.0. The molecule has 3 aliphatic rings. The van der Waals surface area contributed by atoms with Crippen LogP contribution in [0.4, 0.5) is 5.82 Å². The molecule has 0 atom stereocenters. The number of likely N-dealkylation sites (tertiary alicyclic amines) is 1. The lowest BCUT2D eigenvalue weighted by Gasteiger charge is -2.41. The number of aromatic nitrogens is 2. The Hall–Kier alpha value is -3.23. The molecule has 0 aliphatic carbocycles. The number of rotatable bonds is 3. The number of anilines is 1. The van der Waals surface area contributed by atoms with Gasteiger partial charge in [-0.05, 0) is 75.9 Å². The van der Waals surface area contributed by atoms with Crippen molar-refractivity contribution in [3.05, 3.63) is 42.1 Å². The molecule has 8 heteroatoms.